The predicted molar refractivity (Wildman–Crippen MR) is 111 cm³/mol. The van der Waals surface area contributed by atoms with E-state index in [0.717, 1.165) is 29.1 Å². The summed E-state index contributed by atoms with van der Waals surface area (Å²) in [6.45, 7) is 2.09. The van der Waals surface area contributed by atoms with Crippen LogP contribution in [-0.2, 0) is 6.42 Å². The van der Waals surface area contributed by atoms with Gasteiger partial charge in [-0.1, -0.05) is 37.3 Å². The highest BCUT2D eigenvalue weighted by Crippen LogP contribution is 2.24. The van der Waals surface area contributed by atoms with Crippen molar-refractivity contribution in [1.82, 2.24) is 14.8 Å². The van der Waals surface area contributed by atoms with Crippen LogP contribution in [0.2, 0.25) is 0 Å². The fourth-order valence-corrected chi connectivity index (χ4v) is 3.04. The zero-order chi connectivity index (χ0) is 19.3. The van der Waals surface area contributed by atoms with E-state index in [1.807, 2.05) is 66.7 Å². The smallest absolute Gasteiger partial charge is 0.276 e. The number of hydrogen-bond donors (Lipinski definition) is 1. The highest BCUT2D eigenvalue weighted by Gasteiger charge is 2.17. The van der Waals surface area contributed by atoms with Crippen molar-refractivity contribution in [2.75, 3.05) is 5.32 Å². The molecule has 5 heteroatoms. The molecule has 0 radical (unpaired) electrons. The molecule has 0 aliphatic carbocycles. The molecule has 0 aliphatic heterocycles. The van der Waals surface area contributed by atoms with Crippen molar-refractivity contribution in [3.8, 4) is 16.9 Å². The summed E-state index contributed by atoms with van der Waals surface area (Å²) in [6, 6.07) is 23.2. The monoisotopic (exact) mass is 368 g/mol. The quantitative estimate of drug-likeness (QED) is 0.553. The third-order valence-corrected chi connectivity index (χ3v) is 4.49. The number of nitrogens with one attached hydrogen (secondary N) is 1. The van der Waals surface area contributed by atoms with Crippen LogP contribution in [0.1, 0.15) is 23.0 Å². The molecule has 0 bridgehead atoms. The maximum atomic E-state index is 12.8. The van der Waals surface area contributed by atoms with Gasteiger partial charge in [-0.25, -0.2) is 4.68 Å². The van der Waals surface area contributed by atoms with Gasteiger partial charge >= 0.3 is 0 Å². The van der Waals surface area contributed by atoms with Crippen LogP contribution >= 0.6 is 0 Å². The maximum absolute atomic E-state index is 12.8. The van der Waals surface area contributed by atoms with Gasteiger partial charge in [0.1, 0.15) is 0 Å². The Labute approximate surface area is 163 Å². The second kappa shape index (κ2) is 7.88. The minimum Gasteiger partial charge on any atom is -0.321 e. The van der Waals surface area contributed by atoms with E-state index in [1.165, 1.54) is 5.56 Å². The standard InChI is InChI=1S/C23H20N4O/c1-2-17-8-6-10-19(14-17)25-23(28)21-15-22(18-9-7-13-24-16-18)27(26-21)20-11-4-3-5-12-20/h3-16H,2H2,1H3,(H,25,28). The summed E-state index contributed by atoms with van der Waals surface area (Å²) in [6.07, 6.45) is 4.40. The number of anilines is 1. The van der Waals surface area contributed by atoms with Gasteiger partial charge < -0.3 is 5.32 Å². The van der Waals surface area contributed by atoms with Crippen molar-refractivity contribution in [2.45, 2.75) is 13.3 Å². The molecule has 2 aromatic heterocycles. The average Bonchev–Trinajstić information content (AvgIpc) is 3.21. The van der Waals surface area contributed by atoms with E-state index in [9.17, 15) is 4.79 Å². The molecular weight excluding hydrogens is 348 g/mol. The number of aryl methyl sites for hydroxylation is 1. The molecule has 28 heavy (non-hydrogen) atoms. The van der Waals surface area contributed by atoms with Crippen LogP contribution in [0.3, 0.4) is 0 Å². The van der Waals surface area contributed by atoms with E-state index in [1.54, 1.807) is 23.1 Å². The number of benzene rings is 2. The van der Waals surface area contributed by atoms with Gasteiger partial charge in [-0.15, -0.1) is 0 Å². The normalized spacial score (nSPS) is 10.6. The molecule has 0 saturated carbocycles. The number of aromatic nitrogens is 3. The number of rotatable bonds is 5. The molecule has 2 aromatic carbocycles. The van der Waals surface area contributed by atoms with E-state index in [-0.39, 0.29) is 5.91 Å². The topological polar surface area (TPSA) is 59.8 Å². The first-order chi connectivity index (χ1) is 13.7. The first-order valence-electron chi connectivity index (χ1n) is 9.21. The SMILES string of the molecule is CCc1cccc(NC(=O)c2cc(-c3cccnc3)n(-c3ccccc3)n2)c1. The van der Waals surface area contributed by atoms with Crippen molar-refractivity contribution < 1.29 is 4.79 Å². The lowest BCUT2D eigenvalue weighted by molar-refractivity contribution is 0.102. The summed E-state index contributed by atoms with van der Waals surface area (Å²) in [4.78, 5) is 17.0. The Morgan fingerprint density at radius 2 is 1.86 bits per heavy atom. The van der Waals surface area contributed by atoms with Crippen LogP contribution < -0.4 is 5.32 Å². The van der Waals surface area contributed by atoms with Gasteiger partial charge in [0.15, 0.2) is 5.69 Å². The Morgan fingerprint density at radius 3 is 2.61 bits per heavy atom. The summed E-state index contributed by atoms with van der Waals surface area (Å²) in [5.41, 5.74) is 4.88. The van der Waals surface area contributed by atoms with Gasteiger partial charge in [0.05, 0.1) is 11.4 Å². The number of amides is 1. The number of hydrogen-bond acceptors (Lipinski definition) is 3. The molecule has 4 aromatic rings. The molecule has 5 nitrogen and oxygen atoms in total. The van der Waals surface area contributed by atoms with Crippen molar-refractivity contribution in [3.05, 3.63) is 96.4 Å². The second-order valence-corrected chi connectivity index (χ2v) is 6.41. The van der Waals surface area contributed by atoms with Gasteiger partial charge in [-0.3, -0.25) is 9.78 Å². The summed E-state index contributed by atoms with van der Waals surface area (Å²) in [5.74, 6) is -0.243. The summed E-state index contributed by atoms with van der Waals surface area (Å²) in [7, 11) is 0. The first-order valence-corrected chi connectivity index (χ1v) is 9.21. The van der Waals surface area contributed by atoms with Crippen LogP contribution in [0, 0.1) is 0 Å². The maximum Gasteiger partial charge on any atom is 0.276 e. The first kappa shape index (κ1) is 17.7. The van der Waals surface area contributed by atoms with E-state index < -0.39 is 0 Å². The molecule has 0 saturated heterocycles. The van der Waals surface area contributed by atoms with Gasteiger partial charge in [0, 0.05) is 23.6 Å². The lowest BCUT2D eigenvalue weighted by Gasteiger charge is -2.07. The van der Waals surface area contributed by atoms with Crippen LogP contribution in [0.25, 0.3) is 16.9 Å². The second-order valence-electron chi connectivity index (χ2n) is 6.41. The number of carbonyl (C=O) groups is 1. The molecule has 1 N–H and O–H groups in total. The Kier molecular flexibility index (Phi) is 4.97. The molecule has 2 heterocycles. The van der Waals surface area contributed by atoms with Crippen LogP contribution in [0.15, 0.2) is 85.2 Å². The van der Waals surface area contributed by atoms with Crippen LogP contribution in [0.4, 0.5) is 5.69 Å². The van der Waals surface area contributed by atoms with Crippen molar-refractivity contribution in [2.24, 2.45) is 0 Å². The van der Waals surface area contributed by atoms with Crippen molar-refractivity contribution in [1.29, 1.82) is 0 Å². The molecule has 4 rings (SSSR count). The number of pyridine rings is 1. The van der Waals surface area contributed by atoms with E-state index >= 15 is 0 Å². The molecule has 0 spiro atoms. The molecule has 0 unspecified atom stereocenters. The van der Waals surface area contributed by atoms with Crippen LogP contribution in [-0.4, -0.2) is 20.7 Å². The van der Waals surface area contributed by atoms with E-state index in [4.69, 9.17) is 0 Å². The highest BCUT2D eigenvalue weighted by atomic mass is 16.1. The minimum atomic E-state index is -0.243. The summed E-state index contributed by atoms with van der Waals surface area (Å²) >= 11 is 0. The summed E-state index contributed by atoms with van der Waals surface area (Å²) in [5, 5.41) is 7.52. The third kappa shape index (κ3) is 3.69. The Bertz CT molecular complexity index is 1030. The zero-order valence-electron chi connectivity index (χ0n) is 15.5. The van der Waals surface area contributed by atoms with Gasteiger partial charge in [-0.05, 0) is 54.4 Å². The predicted octanol–water partition coefficient (Wildman–Crippen LogP) is 4.75. The minimum absolute atomic E-state index is 0.243. The lowest BCUT2D eigenvalue weighted by Crippen LogP contribution is -2.13. The van der Waals surface area contributed by atoms with Crippen molar-refractivity contribution in [3.63, 3.8) is 0 Å². The fraction of sp³-hybridized carbons (Fsp3) is 0.0870. The fourth-order valence-electron chi connectivity index (χ4n) is 3.04. The molecule has 0 fully saturated rings. The Morgan fingerprint density at radius 1 is 1.00 bits per heavy atom. The van der Waals surface area contributed by atoms with Crippen molar-refractivity contribution >= 4 is 11.6 Å². The van der Waals surface area contributed by atoms with E-state index in [0.29, 0.717) is 5.69 Å². The Hall–Kier alpha value is -3.73. The lowest BCUT2D eigenvalue weighted by atomic mass is 10.1. The summed E-state index contributed by atoms with van der Waals surface area (Å²) < 4.78 is 1.77. The number of para-hydroxylation sites is 1. The molecule has 0 aliphatic rings. The average molecular weight is 368 g/mol. The van der Waals surface area contributed by atoms with E-state index in [2.05, 4.69) is 22.3 Å². The van der Waals surface area contributed by atoms with Gasteiger partial charge in [0.25, 0.3) is 5.91 Å². The zero-order valence-corrected chi connectivity index (χ0v) is 15.5. The van der Waals surface area contributed by atoms with Crippen LogP contribution in [0.5, 0.6) is 0 Å². The molecule has 1 amide bonds. The number of carbonyl (C=O) groups excluding carboxylic acids is 1. The largest absolute Gasteiger partial charge is 0.321 e. The number of nitrogens with zero attached hydrogens (tertiary/aromatic N) is 3. The van der Waals surface area contributed by atoms with Gasteiger partial charge in [0.2, 0.25) is 0 Å². The molecule has 0 atom stereocenters. The Balaban J connectivity index is 1.71. The highest BCUT2D eigenvalue weighted by molar-refractivity contribution is 6.03. The molecular formula is C23H20N4O. The third-order valence-electron chi connectivity index (χ3n) is 4.49. The molecule has 138 valence electrons. The van der Waals surface area contributed by atoms with Gasteiger partial charge in [-0.2, -0.15) is 5.10 Å².